The zero-order valence-corrected chi connectivity index (χ0v) is 24.5. The highest BCUT2D eigenvalue weighted by Gasteiger charge is 2.56. The number of amides is 2. The molecular weight excluding hydrogens is 588 g/mol. The number of fused-ring (bicyclic) bond motifs is 1. The zero-order chi connectivity index (χ0) is 31.4. The number of nitrogens with one attached hydrogen (secondary N) is 2. The molecular formula is C32H31F2N5O6. The molecule has 0 atom stereocenters. The van der Waals surface area contributed by atoms with E-state index in [1.54, 1.807) is 24.5 Å². The van der Waals surface area contributed by atoms with Gasteiger partial charge in [-0.15, -0.1) is 0 Å². The largest absolute Gasteiger partial charge is 0.494 e. The molecule has 2 aliphatic rings. The van der Waals surface area contributed by atoms with Crippen molar-refractivity contribution in [3.63, 3.8) is 0 Å². The first-order valence-corrected chi connectivity index (χ1v) is 14.5. The molecule has 234 valence electrons. The van der Waals surface area contributed by atoms with E-state index >= 15 is 4.39 Å². The van der Waals surface area contributed by atoms with Crippen molar-refractivity contribution in [3.8, 4) is 23.1 Å². The fraction of sp³-hybridized carbons (Fsp3) is 0.312. The highest BCUT2D eigenvalue weighted by Crippen LogP contribution is 2.48. The van der Waals surface area contributed by atoms with E-state index in [4.69, 9.17) is 18.9 Å². The highest BCUT2D eigenvalue weighted by atomic mass is 19.1. The third-order valence-corrected chi connectivity index (χ3v) is 7.76. The van der Waals surface area contributed by atoms with E-state index in [1.807, 2.05) is 0 Å². The van der Waals surface area contributed by atoms with Gasteiger partial charge in [0.25, 0.3) is 0 Å². The monoisotopic (exact) mass is 619 g/mol. The first-order valence-electron chi connectivity index (χ1n) is 14.5. The van der Waals surface area contributed by atoms with Gasteiger partial charge in [-0.3, -0.25) is 19.5 Å². The minimum Gasteiger partial charge on any atom is -0.494 e. The number of rotatable bonds is 11. The van der Waals surface area contributed by atoms with Gasteiger partial charge in [0, 0.05) is 61.6 Å². The first-order chi connectivity index (χ1) is 21.8. The quantitative estimate of drug-likeness (QED) is 0.228. The van der Waals surface area contributed by atoms with Crippen molar-refractivity contribution >= 4 is 34.1 Å². The van der Waals surface area contributed by atoms with E-state index < -0.39 is 28.9 Å². The molecule has 6 rings (SSSR count). The average molecular weight is 620 g/mol. The second-order valence-electron chi connectivity index (χ2n) is 10.7. The molecule has 2 N–H and O–H groups in total. The number of nitrogens with zero attached hydrogens (tertiary/aromatic N) is 3. The highest BCUT2D eigenvalue weighted by molar-refractivity contribution is 6.17. The van der Waals surface area contributed by atoms with Crippen LogP contribution in [0.1, 0.15) is 12.8 Å². The summed E-state index contributed by atoms with van der Waals surface area (Å²) >= 11 is 0. The van der Waals surface area contributed by atoms with E-state index in [-0.39, 0.29) is 22.9 Å². The summed E-state index contributed by atoms with van der Waals surface area (Å²) in [6, 6.07) is 11.2. The molecule has 4 aromatic rings. The Balaban J connectivity index is 1.08. The van der Waals surface area contributed by atoms with Gasteiger partial charge in [-0.1, -0.05) is 0 Å². The Morgan fingerprint density at radius 1 is 0.911 bits per heavy atom. The molecule has 0 bridgehead atoms. The van der Waals surface area contributed by atoms with Gasteiger partial charge < -0.3 is 29.6 Å². The first kappa shape index (κ1) is 30.2. The van der Waals surface area contributed by atoms with Crippen LogP contribution in [-0.2, 0) is 14.3 Å². The van der Waals surface area contributed by atoms with Crippen molar-refractivity contribution in [2.24, 2.45) is 5.41 Å². The Labute approximate surface area is 257 Å². The summed E-state index contributed by atoms with van der Waals surface area (Å²) in [4.78, 5) is 37.0. The van der Waals surface area contributed by atoms with E-state index in [1.165, 1.54) is 31.4 Å². The van der Waals surface area contributed by atoms with Crippen LogP contribution < -0.4 is 24.8 Å². The molecule has 2 amide bonds. The van der Waals surface area contributed by atoms with Gasteiger partial charge in [0.1, 0.15) is 17.8 Å². The maximum absolute atomic E-state index is 15.1. The molecule has 1 aliphatic carbocycles. The van der Waals surface area contributed by atoms with Crippen LogP contribution in [0.25, 0.3) is 10.9 Å². The predicted octanol–water partition coefficient (Wildman–Crippen LogP) is 4.78. The van der Waals surface area contributed by atoms with Crippen LogP contribution in [0.15, 0.2) is 60.9 Å². The van der Waals surface area contributed by atoms with Crippen molar-refractivity contribution in [1.82, 2.24) is 14.9 Å². The van der Waals surface area contributed by atoms with Gasteiger partial charge in [0.2, 0.25) is 17.7 Å². The molecule has 1 saturated carbocycles. The standard InChI is InChI=1S/C32H31F2N5O6/c1-42-28-17-21(2-4-23(28)33)38-31(41)32(7-8-32)30(40)37-20-3-5-27(24(34)16-20)45-26-6-9-35-25-18-29(36-19-22(25)26)44-15-12-39-10-13-43-14-11-39/h2-6,9,16-19H,7-8,10-15H2,1H3,(H,37,40)(H,38,41). The summed E-state index contributed by atoms with van der Waals surface area (Å²) in [6.07, 6.45) is 3.74. The molecule has 3 heterocycles. The smallest absolute Gasteiger partial charge is 0.240 e. The third kappa shape index (κ3) is 6.79. The maximum atomic E-state index is 15.1. The number of ether oxygens (including phenoxy) is 4. The Bertz CT molecular complexity index is 1730. The molecule has 13 heteroatoms. The topological polar surface area (TPSA) is 124 Å². The Hall–Kier alpha value is -4.88. The van der Waals surface area contributed by atoms with E-state index in [0.29, 0.717) is 42.0 Å². The number of carbonyl (C=O) groups is 2. The Kier molecular flexibility index (Phi) is 8.71. The number of methoxy groups -OCH3 is 1. The minimum atomic E-state index is -1.32. The van der Waals surface area contributed by atoms with Gasteiger partial charge >= 0.3 is 0 Å². The van der Waals surface area contributed by atoms with Gasteiger partial charge in [-0.05, 0) is 43.2 Å². The van der Waals surface area contributed by atoms with E-state index in [0.717, 1.165) is 45.0 Å². The number of pyridine rings is 2. The van der Waals surface area contributed by atoms with Crippen LogP contribution in [0.3, 0.4) is 0 Å². The Morgan fingerprint density at radius 3 is 2.36 bits per heavy atom. The van der Waals surface area contributed by atoms with Crippen molar-refractivity contribution in [3.05, 3.63) is 72.6 Å². The Morgan fingerprint density at radius 2 is 1.64 bits per heavy atom. The molecule has 45 heavy (non-hydrogen) atoms. The lowest BCUT2D eigenvalue weighted by molar-refractivity contribution is -0.131. The summed E-state index contributed by atoms with van der Waals surface area (Å²) in [6.45, 7) is 4.40. The predicted molar refractivity (Wildman–Crippen MR) is 161 cm³/mol. The lowest BCUT2D eigenvalue weighted by Gasteiger charge is -2.26. The number of halogens is 2. The number of hydrogen-bond donors (Lipinski definition) is 2. The number of hydrogen-bond acceptors (Lipinski definition) is 9. The van der Waals surface area contributed by atoms with Crippen LogP contribution >= 0.6 is 0 Å². The number of carbonyl (C=O) groups excluding carboxylic acids is 2. The lowest BCUT2D eigenvalue weighted by atomic mass is 10.0. The van der Waals surface area contributed by atoms with E-state index in [2.05, 4.69) is 25.5 Å². The van der Waals surface area contributed by atoms with Crippen molar-refractivity contribution < 1.29 is 37.3 Å². The summed E-state index contributed by atoms with van der Waals surface area (Å²) < 4.78 is 50.9. The van der Waals surface area contributed by atoms with Crippen LogP contribution in [0.5, 0.6) is 23.1 Å². The number of benzene rings is 2. The van der Waals surface area contributed by atoms with Crippen LogP contribution in [0, 0.1) is 17.0 Å². The molecule has 11 nitrogen and oxygen atoms in total. The van der Waals surface area contributed by atoms with Crippen LogP contribution in [0.2, 0.25) is 0 Å². The average Bonchev–Trinajstić information content (AvgIpc) is 3.86. The van der Waals surface area contributed by atoms with Crippen LogP contribution in [-0.4, -0.2) is 73.2 Å². The fourth-order valence-corrected chi connectivity index (χ4v) is 4.97. The number of morpholine rings is 1. The van der Waals surface area contributed by atoms with Crippen molar-refractivity contribution in [2.45, 2.75) is 12.8 Å². The van der Waals surface area contributed by atoms with Gasteiger partial charge in [-0.25, -0.2) is 13.8 Å². The molecule has 1 saturated heterocycles. The van der Waals surface area contributed by atoms with Gasteiger partial charge in [0.05, 0.1) is 31.2 Å². The number of anilines is 2. The van der Waals surface area contributed by atoms with Gasteiger partial charge in [-0.2, -0.15) is 0 Å². The molecule has 2 aromatic carbocycles. The van der Waals surface area contributed by atoms with Crippen molar-refractivity contribution in [2.75, 3.05) is 57.2 Å². The van der Waals surface area contributed by atoms with Gasteiger partial charge in [0.15, 0.2) is 23.1 Å². The SMILES string of the molecule is COc1cc(NC(=O)C2(C(=O)Nc3ccc(Oc4ccnc5cc(OCCN6CCOCC6)ncc45)c(F)c3)CC2)ccc1F. The normalized spacial score (nSPS) is 15.7. The van der Waals surface area contributed by atoms with E-state index in [9.17, 15) is 14.0 Å². The summed E-state index contributed by atoms with van der Waals surface area (Å²) in [5.74, 6) is -1.76. The lowest BCUT2D eigenvalue weighted by Crippen LogP contribution is -2.38. The second kappa shape index (κ2) is 13.0. The molecule has 0 spiro atoms. The minimum absolute atomic E-state index is 0.0372. The summed E-state index contributed by atoms with van der Waals surface area (Å²) in [7, 11) is 1.31. The maximum Gasteiger partial charge on any atom is 0.240 e. The zero-order valence-electron chi connectivity index (χ0n) is 24.5. The summed E-state index contributed by atoms with van der Waals surface area (Å²) in [5.41, 5.74) is -0.301. The third-order valence-electron chi connectivity index (χ3n) is 7.76. The molecule has 2 aromatic heterocycles. The molecule has 2 fully saturated rings. The molecule has 1 aliphatic heterocycles. The fourth-order valence-electron chi connectivity index (χ4n) is 4.97. The molecule has 0 radical (unpaired) electrons. The van der Waals surface area contributed by atoms with Crippen LogP contribution in [0.4, 0.5) is 20.2 Å². The number of aromatic nitrogens is 2. The molecule has 0 unspecified atom stereocenters. The second-order valence-corrected chi connectivity index (χ2v) is 10.7. The summed E-state index contributed by atoms with van der Waals surface area (Å²) in [5, 5.41) is 5.83. The van der Waals surface area contributed by atoms with Crippen molar-refractivity contribution in [1.29, 1.82) is 0 Å².